The highest BCUT2D eigenvalue weighted by molar-refractivity contribution is 6.17. The Morgan fingerprint density at radius 2 is 1.71 bits per heavy atom. The van der Waals surface area contributed by atoms with Crippen molar-refractivity contribution in [2.45, 2.75) is 56.8 Å². The van der Waals surface area contributed by atoms with E-state index in [0.717, 1.165) is 16.7 Å². The van der Waals surface area contributed by atoms with Gasteiger partial charge in [0.05, 0.1) is 13.2 Å². The Kier molecular flexibility index (Phi) is 3.55. The number of amides is 1. The van der Waals surface area contributed by atoms with E-state index >= 15 is 0 Å². The molecule has 1 saturated carbocycles. The quantitative estimate of drug-likeness (QED) is 0.802. The fourth-order valence-electron chi connectivity index (χ4n) is 4.33. The van der Waals surface area contributed by atoms with Gasteiger partial charge in [-0.05, 0) is 37.8 Å². The van der Waals surface area contributed by atoms with Crippen molar-refractivity contribution in [1.29, 1.82) is 0 Å². The molecule has 1 amide bonds. The van der Waals surface area contributed by atoms with E-state index in [-0.39, 0.29) is 11.7 Å². The predicted octanol–water partition coefficient (Wildman–Crippen LogP) is 2.14. The van der Waals surface area contributed by atoms with Gasteiger partial charge in [0.1, 0.15) is 11.5 Å². The first-order chi connectivity index (χ1) is 11.4. The van der Waals surface area contributed by atoms with E-state index in [1.165, 1.54) is 0 Å². The Labute approximate surface area is 141 Å². The zero-order chi connectivity index (χ0) is 16.9. The second-order valence-corrected chi connectivity index (χ2v) is 7.34. The highest BCUT2D eigenvalue weighted by Crippen LogP contribution is 2.45. The zero-order valence-electron chi connectivity index (χ0n) is 14.2. The molecule has 24 heavy (non-hydrogen) atoms. The Morgan fingerprint density at radius 1 is 1.04 bits per heavy atom. The molecule has 1 atom stereocenters. The van der Waals surface area contributed by atoms with Gasteiger partial charge in [0.25, 0.3) is 0 Å². The summed E-state index contributed by atoms with van der Waals surface area (Å²) in [5.41, 5.74) is 2.13. The number of carbonyl (C=O) groups excluding carboxylic acids is 2. The lowest BCUT2D eigenvalue weighted by atomic mass is 9.74. The van der Waals surface area contributed by atoms with Crippen LogP contribution >= 0.6 is 0 Å². The van der Waals surface area contributed by atoms with E-state index in [1.54, 1.807) is 0 Å². The summed E-state index contributed by atoms with van der Waals surface area (Å²) in [6.07, 6.45) is 2.47. The zero-order valence-corrected chi connectivity index (χ0v) is 14.2. The van der Waals surface area contributed by atoms with Gasteiger partial charge in [-0.2, -0.15) is 0 Å². The number of rotatable bonds is 1. The normalized spacial score (nSPS) is 27.8. The van der Waals surface area contributed by atoms with Crippen molar-refractivity contribution >= 4 is 11.7 Å². The third-order valence-electron chi connectivity index (χ3n) is 5.78. The standard InChI is InChI=1S/C19H23NO4/c1-12-3-4-13(2)14(11-12)15-16(21)18(20-17(15)22)5-7-19(8-6-18)23-9-10-24-19/h3-4,11,15H,5-10H2,1-2H3,(H,20,22). The lowest BCUT2D eigenvalue weighted by molar-refractivity contribution is -0.186. The number of ether oxygens (including phenoxy) is 2. The fraction of sp³-hybridized carbons (Fsp3) is 0.579. The highest BCUT2D eigenvalue weighted by Gasteiger charge is 2.57. The molecular formula is C19H23NO4. The fourth-order valence-corrected chi connectivity index (χ4v) is 4.33. The van der Waals surface area contributed by atoms with Gasteiger partial charge >= 0.3 is 0 Å². The van der Waals surface area contributed by atoms with Crippen LogP contribution in [0, 0.1) is 13.8 Å². The number of ketones is 1. The van der Waals surface area contributed by atoms with Crippen molar-refractivity contribution in [2.75, 3.05) is 13.2 Å². The van der Waals surface area contributed by atoms with Crippen LogP contribution in [0.2, 0.25) is 0 Å². The molecule has 1 aliphatic carbocycles. The topological polar surface area (TPSA) is 64.6 Å². The van der Waals surface area contributed by atoms with Crippen molar-refractivity contribution < 1.29 is 19.1 Å². The Morgan fingerprint density at radius 3 is 2.38 bits per heavy atom. The summed E-state index contributed by atoms with van der Waals surface area (Å²) in [7, 11) is 0. The van der Waals surface area contributed by atoms with Crippen molar-refractivity contribution in [1.82, 2.24) is 5.32 Å². The van der Waals surface area contributed by atoms with Crippen molar-refractivity contribution in [3.8, 4) is 0 Å². The molecule has 3 aliphatic rings. The molecule has 0 aromatic heterocycles. The molecule has 5 heteroatoms. The number of hydrogen-bond donors (Lipinski definition) is 1. The minimum Gasteiger partial charge on any atom is -0.348 e. The highest BCUT2D eigenvalue weighted by atomic mass is 16.7. The van der Waals surface area contributed by atoms with E-state index in [0.29, 0.717) is 38.9 Å². The summed E-state index contributed by atoms with van der Waals surface area (Å²) in [5.74, 6) is -1.38. The van der Waals surface area contributed by atoms with Crippen molar-refractivity contribution in [3.63, 3.8) is 0 Å². The van der Waals surface area contributed by atoms with E-state index in [2.05, 4.69) is 5.32 Å². The molecular weight excluding hydrogens is 306 g/mol. The molecule has 2 spiro atoms. The van der Waals surface area contributed by atoms with E-state index in [9.17, 15) is 9.59 Å². The van der Waals surface area contributed by atoms with E-state index < -0.39 is 17.2 Å². The number of nitrogens with one attached hydrogen (secondary N) is 1. The molecule has 2 saturated heterocycles. The molecule has 1 N–H and O–H groups in total. The first-order valence-electron chi connectivity index (χ1n) is 8.66. The molecule has 128 valence electrons. The third kappa shape index (κ3) is 2.30. The van der Waals surface area contributed by atoms with Crippen LogP contribution in [0.4, 0.5) is 0 Å². The molecule has 0 bridgehead atoms. The Hall–Kier alpha value is -1.72. The summed E-state index contributed by atoms with van der Waals surface area (Å²) >= 11 is 0. The monoisotopic (exact) mass is 329 g/mol. The summed E-state index contributed by atoms with van der Waals surface area (Å²) in [6.45, 7) is 5.16. The molecule has 1 aromatic carbocycles. The number of benzene rings is 1. The molecule has 0 radical (unpaired) electrons. The van der Waals surface area contributed by atoms with Gasteiger partial charge in [-0.1, -0.05) is 23.8 Å². The minimum atomic E-state index is -0.751. The summed E-state index contributed by atoms with van der Waals surface area (Å²) in [5, 5.41) is 3.02. The maximum Gasteiger partial charge on any atom is 0.235 e. The van der Waals surface area contributed by atoms with E-state index in [4.69, 9.17) is 9.47 Å². The first kappa shape index (κ1) is 15.8. The maximum absolute atomic E-state index is 13.2. The van der Waals surface area contributed by atoms with Crippen LogP contribution in [0.25, 0.3) is 0 Å². The van der Waals surface area contributed by atoms with Crippen LogP contribution < -0.4 is 5.32 Å². The lowest BCUT2D eigenvalue weighted by Gasteiger charge is -2.40. The van der Waals surface area contributed by atoms with Gasteiger partial charge in [0.15, 0.2) is 11.6 Å². The van der Waals surface area contributed by atoms with Gasteiger partial charge in [-0.25, -0.2) is 0 Å². The second kappa shape index (κ2) is 5.39. The van der Waals surface area contributed by atoms with Gasteiger partial charge in [0, 0.05) is 12.8 Å². The van der Waals surface area contributed by atoms with Gasteiger partial charge in [-0.15, -0.1) is 0 Å². The lowest BCUT2D eigenvalue weighted by Crippen LogP contribution is -2.53. The Balaban J connectivity index is 1.61. The van der Waals surface area contributed by atoms with Crippen molar-refractivity contribution in [3.05, 3.63) is 34.9 Å². The number of hydrogen-bond acceptors (Lipinski definition) is 4. The smallest absolute Gasteiger partial charge is 0.235 e. The molecule has 3 fully saturated rings. The SMILES string of the molecule is Cc1ccc(C)c(C2C(=O)NC3(CCC4(CC3)OCCO4)C2=O)c1. The van der Waals surface area contributed by atoms with Crippen LogP contribution in [0.5, 0.6) is 0 Å². The molecule has 5 nitrogen and oxygen atoms in total. The van der Waals surface area contributed by atoms with Gasteiger partial charge in [0.2, 0.25) is 5.91 Å². The van der Waals surface area contributed by atoms with E-state index in [1.807, 2.05) is 32.0 Å². The molecule has 2 heterocycles. The van der Waals surface area contributed by atoms with Gasteiger partial charge in [-0.3, -0.25) is 9.59 Å². The first-order valence-corrected chi connectivity index (χ1v) is 8.66. The number of aryl methyl sites for hydroxylation is 2. The summed E-state index contributed by atoms with van der Waals surface area (Å²) < 4.78 is 11.5. The largest absolute Gasteiger partial charge is 0.348 e. The second-order valence-electron chi connectivity index (χ2n) is 7.34. The molecule has 2 aliphatic heterocycles. The number of carbonyl (C=O) groups is 2. The van der Waals surface area contributed by atoms with Crippen LogP contribution in [0.1, 0.15) is 48.3 Å². The minimum absolute atomic E-state index is 0.00838. The van der Waals surface area contributed by atoms with Crippen LogP contribution in [0.3, 0.4) is 0 Å². The van der Waals surface area contributed by atoms with Crippen molar-refractivity contribution in [2.24, 2.45) is 0 Å². The average molecular weight is 329 g/mol. The summed E-state index contributed by atoms with van der Waals surface area (Å²) in [4.78, 5) is 25.8. The summed E-state index contributed by atoms with van der Waals surface area (Å²) in [6, 6.07) is 5.95. The molecule has 1 aromatic rings. The van der Waals surface area contributed by atoms with Crippen LogP contribution in [-0.4, -0.2) is 36.2 Å². The molecule has 1 unspecified atom stereocenters. The predicted molar refractivity (Wildman–Crippen MR) is 87.6 cm³/mol. The average Bonchev–Trinajstić information content (AvgIpc) is 3.10. The third-order valence-corrected chi connectivity index (χ3v) is 5.78. The van der Waals surface area contributed by atoms with Gasteiger partial charge < -0.3 is 14.8 Å². The van der Waals surface area contributed by atoms with Crippen LogP contribution in [-0.2, 0) is 19.1 Å². The maximum atomic E-state index is 13.2. The Bertz CT molecular complexity index is 695. The molecule has 4 rings (SSSR count). The number of Topliss-reactive ketones (excluding diaryl/α,β-unsaturated/α-hetero) is 1. The van der Waals surface area contributed by atoms with Crippen LogP contribution in [0.15, 0.2) is 18.2 Å².